The zero-order chi connectivity index (χ0) is 19.6. The van der Waals surface area contributed by atoms with E-state index >= 15 is 0 Å². The Bertz CT molecular complexity index is 730. The molecule has 0 saturated heterocycles. The molecule has 0 spiro atoms. The standard InChI is InChI=1S/C21H28N2O3S/c1-4-20(24)22(11-12-26-3)16-21(25)23(14-18-8-6-5-7-9-18)15-19-17(2)10-13-27-19/h5-10,13H,4,11-12,14-16H2,1-3H3. The molecule has 2 aromatic rings. The molecule has 0 N–H and O–H groups in total. The van der Waals surface area contributed by atoms with Crippen LogP contribution in [0.15, 0.2) is 41.8 Å². The zero-order valence-electron chi connectivity index (χ0n) is 16.3. The van der Waals surface area contributed by atoms with Gasteiger partial charge >= 0.3 is 0 Å². The van der Waals surface area contributed by atoms with Crippen LogP contribution in [-0.2, 0) is 27.4 Å². The Morgan fingerprint density at radius 3 is 2.37 bits per heavy atom. The number of hydrogen-bond donors (Lipinski definition) is 0. The Morgan fingerprint density at radius 1 is 1.04 bits per heavy atom. The number of amides is 2. The van der Waals surface area contributed by atoms with Gasteiger partial charge in [0.25, 0.3) is 0 Å². The summed E-state index contributed by atoms with van der Waals surface area (Å²) in [7, 11) is 1.59. The first-order valence-electron chi connectivity index (χ1n) is 9.16. The molecule has 0 fully saturated rings. The molecule has 2 rings (SSSR count). The monoisotopic (exact) mass is 388 g/mol. The third-order valence-corrected chi connectivity index (χ3v) is 5.43. The van der Waals surface area contributed by atoms with Gasteiger partial charge in [-0.25, -0.2) is 0 Å². The summed E-state index contributed by atoms with van der Waals surface area (Å²) in [6.07, 6.45) is 0.375. The van der Waals surface area contributed by atoms with Gasteiger partial charge in [-0.2, -0.15) is 0 Å². The Kier molecular flexibility index (Phi) is 8.48. The molecule has 1 aromatic heterocycles. The van der Waals surface area contributed by atoms with Crippen LogP contribution in [0.2, 0.25) is 0 Å². The molecule has 1 aromatic carbocycles. The van der Waals surface area contributed by atoms with Crippen LogP contribution in [0.3, 0.4) is 0 Å². The van der Waals surface area contributed by atoms with Crippen molar-refractivity contribution in [3.63, 3.8) is 0 Å². The van der Waals surface area contributed by atoms with E-state index in [-0.39, 0.29) is 18.4 Å². The number of nitrogens with zero attached hydrogens (tertiary/aromatic N) is 2. The number of carbonyl (C=O) groups excluding carboxylic acids is 2. The van der Waals surface area contributed by atoms with Gasteiger partial charge in [0.15, 0.2) is 0 Å². The topological polar surface area (TPSA) is 49.9 Å². The van der Waals surface area contributed by atoms with Gasteiger partial charge in [-0.1, -0.05) is 37.3 Å². The van der Waals surface area contributed by atoms with Crippen molar-refractivity contribution in [2.75, 3.05) is 26.8 Å². The van der Waals surface area contributed by atoms with Crippen LogP contribution in [0.25, 0.3) is 0 Å². The van der Waals surface area contributed by atoms with Gasteiger partial charge in [0.1, 0.15) is 0 Å². The molecule has 0 atom stereocenters. The summed E-state index contributed by atoms with van der Waals surface area (Å²) in [6.45, 7) is 5.86. The fourth-order valence-corrected chi connectivity index (χ4v) is 3.68. The Balaban J connectivity index is 2.15. The van der Waals surface area contributed by atoms with Crippen LogP contribution >= 0.6 is 11.3 Å². The van der Waals surface area contributed by atoms with Crippen molar-refractivity contribution >= 4 is 23.2 Å². The second-order valence-corrected chi connectivity index (χ2v) is 7.42. The summed E-state index contributed by atoms with van der Waals surface area (Å²) in [5.41, 5.74) is 2.26. The molecule has 0 aliphatic carbocycles. The molecule has 0 bridgehead atoms. The van der Waals surface area contributed by atoms with Gasteiger partial charge in [0.2, 0.25) is 11.8 Å². The number of aryl methyl sites for hydroxylation is 1. The van der Waals surface area contributed by atoms with Gasteiger partial charge in [0, 0.05) is 31.5 Å². The van der Waals surface area contributed by atoms with E-state index in [2.05, 4.69) is 13.0 Å². The van der Waals surface area contributed by atoms with E-state index in [9.17, 15) is 9.59 Å². The highest BCUT2D eigenvalue weighted by Crippen LogP contribution is 2.19. The highest BCUT2D eigenvalue weighted by molar-refractivity contribution is 7.10. The number of methoxy groups -OCH3 is 1. The fraction of sp³-hybridized carbons (Fsp3) is 0.429. The SMILES string of the molecule is CCC(=O)N(CCOC)CC(=O)N(Cc1ccccc1)Cc1sccc1C. The van der Waals surface area contributed by atoms with Crippen molar-refractivity contribution in [3.8, 4) is 0 Å². The second-order valence-electron chi connectivity index (χ2n) is 6.42. The quantitative estimate of drug-likeness (QED) is 0.626. The van der Waals surface area contributed by atoms with Crippen LogP contribution in [0.4, 0.5) is 0 Å². The van der Waals surface area contributed by atoms with E-state index in [0.29, 0.717) is 32.7 Å². The first-order valence-corrected chi connectivity index (χ1v) is 10.0. The van der Waals surface area contributed by atoms with Crippen LogP contribution in [-0.4, -0.2) is 48.4 Å². The normalized spacial score (nSPS) is 10.6. The first kappa shape index (κ1) is 21.1. The van der Waals surface area contributed by atoms with Crippen LogP contribution in [0, 0.1) is 6.92 Å². The van der Waals surface area contributed by atoms with E-state index in [1.807, 2.05) is 47.5 Å². The lowest BCUT2D eigenvalue weighted by Gasteiger charge is -2.27. The number of hydrogen-bond acceptors (Lipinski definition) is 4. The maximum atomic E-state index is 13.1. The average Bonchev–Trinajstić information content (AvgIpc) is 3.09. The van der Waals surface area contributed by atoms with Gasteiger partial charge in [-0.3, -0.25) is 9.59 Å². The molecular formula is C21H28N2O3S. The fourth-order valence-electron chi connectivity index (χ4n) is 2.76. The lowest BCUT2D eigenvalue weighted by atomic mass is 10.2. The van der Waals surface area contributed by atoms with Crippen molar-refractivity contribution in [3.05, 3.63) is 57.8 Å². The van der Waals surface area contributed by atoms with Crippen molar-refractivity contribution in [2.24, 2.45) is 0 Å². The minimum atomic E-state index is -0.0513. The molecule has 6 heteroatoms. The molecule has 1 heterocycles. The molecular weight excluding hydrogens is 360 g/mol. The minimum Gasteiger partial charge on any atom is -0.383 e. The summed E-state index contributed by atoms with van der Waals surface area (Å²) in [6, 6.07) is 12.0. The zero-order valence-corrected chi connectivity index (χ0v) is 17.1. The Morgan fingerprint density at radius 2 is 1.78 bits per heavy atom. The van der Waals surface area contributed by atoms with Crippen molar-refractivity contribution in [1.82, 2.24) is 9.80 Å². The molecule has 146 valence electrons. The summed E-state index contributed by atoms with van der Waals surface area (Å²) < 4.78 is 5.09. The smallest absolute Gasteiger partial charge is 0.242 e. The largest absolute Gasteiger partial charge is 0.383 e. The third kappa shape index (κ3) is 6.48. The molecule has 0 unspecified atom stereocenters. The van der Waals surface area contributed by atoms with Gasteiger partial charge < -0.3 is 14.5 Å². The molecule has 2 amide bonds. The Hall–Kier alpha value is -2.18. The second kappa shape index (κ2) is 10.8. The minimum absolute atomic E-state index is 0.0348. The number of carbonyl (C=O) groups is 2. The lowest BCUT2D eigenvalue weighted by molar-refractivity contribution is -0.141. The van der Waals surface area contributed by atoms with Gasteiger partial charge in [-0.15, -0.1) is 11.3 Å². The lowest BCUT2D eigenvalue weighted by Crippen LogP contribution is -2.43. The third-order valence-electron chi connectivity index (χ3n) is 4.42. The molecule has 0 saturated carbocycles. The maximum Gasteiger partial charge on any atom is 0.242 e. The predicted octanol–water partition coefficient (Wildman–Crippen LogP) is 3.47. The summed E-state index contributed by atoms with van der Waals surface area (Å²) in [5.74, 6) is -0.0862. The van der Waals surface area contributed by atoms with E-state index in [0.717, 1.165) is 5.56 Å². The molecule has 0 radical (unpaired) electrons. The average molecular weight is 389 g/mol. The van der Waals surface area contributed by atoms with E-state index in [4.69, 9.17) is 4.74 Å². The molecule has 0 aliphatic heterocycles. The van der Waals surface area contributed by atoms with Crippen LogP contribution in [0.5, 0.6) is 0 Å². The maximum absolute atomic E-state index is 13.1. The van der Waals surface area contributed by atoms with Gasteiger partial charge in [0.05, 0.1) is 19.7 Å². The van der Waals surface area contributed by atoms with Gasteiger partial charge in [-0.05, 0) is 29.5 Å². The van der Waals surface area contributed by atoms with E-state index in [1.54, 1.807) is 23.3 Å². The summed E-state index contributed by atoms with van der Waals surface area (Å²) in [4.78, 5) is 29.9. The van der Waals surface area contributed by atoms with Crippen molar-refractivity contribution in [2.45, 2.75) is 33.4 Å². The molecule has 5 nitrogen and oxygen atoms in total. The van der Waals surface area contributed by atoms with Crippen LogP contribution in [0.1, 0.15) is 29.3 Å². The van der Waals surface area contributed by atoms with E-state index in [1.165, 1.54) is 10.4 Å². The highest BCUT2D eigenvalue weighted by atomic mass is 32.1. The number of thiophene rings is 1. The van der Waals surface area contributed by atoms with Crippen LogP contribution < -0.4 is 0 Å². The van der Waals surface area contributed by atoms with Crippen molar-refractivity contribution < 1.29 is 14.3 Å². The molecule has 0 aliphatic rings. The van der Waals surface area contributed by atoms with Crippen molar-refractivity contribution in [1.29, 1.82) is 0 Å². The van der Waals surface area contributed by atoms with E-state index < -0.39 is 0 Å². The first-order chi connectivity index (χ1) is 13.0. The number of ether oxygens (including phenoxy) is 1. The molecule has 27 heavy (non-hydrogen) atoms. The predicted molar refractivity (Wildman–Crippen MR) is 108 cm³/mol. The summed E-state index contributed by atoms with van der Waals surface area (Å²) in [5, 5.41) is 2.04. The number of benzene rings is 1. The summed E-state index contributed by atoms with van der Waals surface area (Å²) >= 11 is 1.65. The Labute approximate surface area is 165 Å². The number of rotatable bonds is 10. The highest BCUT2D eigenvalue weighted by Gasteiger charge is 2.21.